The number of thiazole rings is 1. The zero-order valence-corrected chi connectivity index (χ0v) is 12.0. The molecule has 1 aliphatic heterocycles. The number of nitrogens with zero attached hydrogens (tertiary/aromatic N) is 1. The van der Waals surface area contributed by atoms with Crippen molar-refractivity contribution in [1.29, 1.82) is 0 Å². The monoisotopic (exact) mass is 282 g/mol. The van der Waals surface area contributed by atoms with Crippen molar-refractivity contribution in [3.05, 3.63) is 41.4 Å². The van der Waals surface area contributed by atoms with E-state index in [1.165, 1.54) is 27.1 Å². The normalized spacial score (nSPS) is 13.2. The molecule has 0 saturated heterocycles. The Balaban J connectivity index is 1.92. The predicted molar refractivity (Wildman–Crippen MR) is 83.8 cm³/mol. The molecule has 4 heteroatoms. The SMILES string of the molecule is COc1ccc(-c2ccc3c(c2)NCC3)c2scnc12. The molecule has 0 atom stereocenters. The molecule has 1 N–H and O–H groups in total. The van der Waals surface area contributed by atoms with Gasteiger partial charge in [0.25, 0.3) is 0 Å². The van der Waals surface area contributed by atoms with Gasteiger partial charge in [-0.25, -0.2) is 4.98 Å². The molecular formula is C16H14N2OS. The molecule has 0 radical (unpaired) electrons. The number of anilines is 1. The van der Waals surface area contributed by atoms with E-state index in [0.717, 1.165) is 24.2 Å². The number of rotatable bonds is 2. The van der Waals surface area contributed by atoms with Crippen molar-refractivity contribution in [2.45, 2.75) is 6.42 Å². The second kappa shape index (κ2) is 4.49. The first kappa shape index (κ1) is 11.7. The molecule has 4 rings (SSSR count). The van der Waals surface area contributed by atoms with Crippen LogP contribution in [0.1, 0.15) is 5.56 Å². The fourth-order valence-electron chi connectivity index (χ4n) is 2.78. The van der Waals surface area contributed by atoms with E-state index in [1.807, 2.05) is 11.6 Å². The van der Waals surface area contributed by atoms with Gasteiger partial charge in [0.05, 0.1) is 17.3 Å². The zero-order valence-electron chi connectivity index (χ0n) is 11.1. The maximum Gasteiger partial charge on any atom is 0.146 e. The number of hydrogen-bond acceptors (Lipinski definition) is 4. The number of benzene rings is 2. The van der Waals surface area contributed by atoms with Crippen LogP contribution in [0.2, 0.25) is 0 Å². The van der Waals surface area contributed by atoms with Crippen LogP contribution in [0.3, 0.4) is 0 Å². The topological polar surface area (TPSA) is 34.1 Å². The molecule has 0 spiro atoms. The summed E-state index contributed by atoms with van der Waals surface area (Å²) in [6.45, 7) is 1.04. The van der Waals surface area contributed by atoms with E-state index in [0.29, 0.717) is 0 Å². The molecular weight excluding hydrogens is 268 g/mol. The second-order valence-electron chi connectivity index (χ2n) is 4.89. The van der Waals surface area contributed by atoms with Crippen molar-refractivity contribution < 1.29 is 4.74 Å². The van der Waals surface area contributed by atoms with Gasteiger partial charge in [-0.2, -0.15) is 0 Å². The van der Waals surface area contributed by atoms with E-state index in [9.17, 15) is 0 Å². The van der Waals surface area contributed by atoms with E-state index in [2.05, 4.69) is 34.6 Å². The summed E-state index contributed by atoms with van der Waals surface area (Å²) >= 11 is 1.66. The lowest BCUT2D eigenvalue weighted by Gasteiger charge is -2.08. The van der Waals surface area contributed by atoms with Crippen molar-refractivity contribution >= 4 is 27.2 Å². The Bertz CT molecular complexity index is 794. The lowest BCUT2D eigenvalue weighted by atomic mass is 10.0. The fraction of sp³-hybridized carbons (Fsp3) is 0.188. The predicted octanol–water partition coefficient (Wildman–Crippen LogP) is 3.94. The third-order valence-electron chi connectivity index (χ3n) is 3.80. The summed E-state index contributed by atoms with van der Waals surface area (Å²) in [5.74, 6) is 0.837. The molecule has 3 aromatic rings. The van der Waals surface area contributed by atoms with E-state index >= 15 is 0 Å². The highest BCUT2D eigenvalue weighted by Gasteiger charge is 2.14. The van der Waals surface area contributed by atoms with Gasteiger partial charge < -0.3 is 10.1 Å². The molecule has 100 valence electrons. The van der Waals surface area contributed by atoms with Gasteiger partial charge in [0, 0.05) is 17.8 Å². The molecule has 0 bridgehead atoms. The van der Waals surface area contributed by atoms with Crippen molar-refractivity contribution in [3.63, 3.8) is 0 Å². The van der Waals surface area contributed by atoms with E-state index in [4.69, 9.17) is 4.74 Å². The first-order valence-corrected chi connectivity index (χ1v) is 7.52. The van der Waals surface area contributed by atoms with Crippen molar-refractivity contribution in [2.75, 3.05) is 19.0 Å². The highest BCUT2D eigenvalue weighted by molar-refractivity contribution is 7.17. The molecule has 1 aliphatic rings. The highest BCUT2D eigenvalue weighted by atomic mass is 32.1. The number of hydrogen-bond donors (Lipinski definition) is 1. The van der Waals surface area contributed by atoms with Gasteiger partial charge in [0.2, 0.25) is 0 Å². The van der Waals surface area contributed by atoms with E-state index in [1.54, 1.807) is 18.4 Å². The van der Waals surface area contributed by atoms with E-state index < -0.39 is 0 Å². The Morgan fingerprint density at radius 3 is 3.10 bits per heavy atom. The molecule has 0 aliphatic carbocycles. The minimum atomic E-state index is 0.837. The summed E-state index contributed by atoms with van der Waals surface area (Å²) in [6.07, 6.45) is 1.12. The second-order valence-corrected chi connectivity index (χ2v) is 5.75. The van der Waals surface area contributed by atoms with Crippen molar-refractivity contribution in [1.82, 2.24) is 4.98 Å². The van der Waals surface area contributed by atoms with Gasteiger partial charge in [-0.3, -0.25) is 0 Å². The Hall–Kier alpha value is -2.07. The number of ether oxygens (including phenoxy) is 1. The molecule has 0 saturated carbocycles. The van der Waals surface area contributed by atoms with Crippen LogP contribution >= 0.6 is 11.3 Å². The molecule has 3 nitrogen and oxygen atoms in total. The smallest absolute Gasteiger partial charge is 0.146 e. The first-order valence-electron chi connectivity index (χ1n) is 6.64. The largest absolute Gasteiger partial charge is 0.494 e. The van der Waals surface area contributed by atoms with Gasteiger partial charge in [0.15, 0.2) is 0 Å². The van der Waals surface area contributed by atoms with Crippen LogP contribution in [0.25, 0.3) is 21.3 Å². The van der Waals surface area contributed by atoms with Crippen LogP contribution in [0.4, 0.5) is 5.69 Å². The first-order chi connectivity index (χ1) is 9.86. The Morgan fingerprint density at radius 1 is 1.25 bits per heavy atom. The maximum atomic E-state index is 5.38. The number of methoxy groups -OCH3 is 1. The standard InChI is InChI=1S/C16H14N2OS/c1-19-14-5-4-12(16-15(14)18-9-20-16)11-3-2-10-6-7-17-13(10)8-11/h2-5,8-9,17H,6-7H2,1H3. The van der Waals surface area contributed by atoms with Gasteiger partial charge in [0.1, 0.15) is 11.3 Å². The molecule has 2 heterocycles. The van der Waals surface area contributed by atoms with Crippen LogP contribution in [0, 0.1) is 0 Å². The zero-order chi connectivity index (χ0) is 13.5. The molecule has 0 fully saturated rings. The van der Waals surface area contributed by atoms with Crippen LogP contribution < -0.4 is 10.1 Å². The summed E-state index contributed by atoms with van der Waals surface area (Å²) in [4.78, 5) is 4.43. The quantitative estimate of drug-likeness (QED) is 0.773. The lowest BCUT2D eigenvalue weighted by Crippen LogP contribution is -1.91. The number of nitrogens with one attached hydrogen (secondary N) is 1. The molecule has 20 heavy (non-hydrogen) atoms. The third-order valence-corrected chi connectivity index (χ3v) is 4.66. The minimum Gasteiger partial charge on any atom is -0.494 e. The van der Waals surface area contributed by atoms with Gasteiger partial charge in [-0.1, -0.05) is 12.1 Å². The van der Waals surface area contributed by atoms with Crippen LogP contribution in [-0.4, -0.2) is 18.6 Å². The minimum absolute atomic E-state index is 0.837. The van der Waals surface area contributed by atoms with Gasteiger partial charge in [-0.05, 0) is 35.7 Å². The van der Waals surface area contributed by atoms with Gasteiger partial charge in [-0.15, -0.1) is 11.3 Å². The summed E-state index contributed by atoms with van der Waals surface area (Å²) < 4.78 is 6.57. The van der Waals surface area contributed by atoms with Crippen molar-refractivity contribution in [3.8, 4) is 16.9 Å². The summed E-state index contributed by atoms with van der Waals surface area (Å²) in [5, 5.41) is 3.44. The maximum absolute atomic E-state index is 5.38. The Kier molecular flexibility index (Phi) is 2.63. The summed E-state index contributed by atoms with van der Waals surface area (Å²) in [5.41, 5.74) is 7.94. The molecule has 0 amide bonds. The van der Waals surface area contributed by atoms with Gasteiger partial charge >= 0.3 is 0 Å². The van der Waals surface area contributed by atoms with E-state index in [-0.39, 0.29) is 0 Å². The molecule has 1 aromatic heterocycles. The number of fused-ring (bicyclic) bond motifs is 2. The Morgan fingerprint density at radius 2 is 2.20 bits per heavy atom. The number of aromatic nitrogens is 1. The third kappa shape index (κ3) is 1.68. The highest BCUT2D eigenvalue weighted by Crippen LogP contribution is 2.38. The van der Waals surface area contributed by atoms with Crippen molar-refractivity contribution in [2.24, 2.45) is 0 Å². The fourth-order valence-corrected chi connectivity index (χ4v) is 3.62. The summed E-state index contributed by atoms with van der Waals surface area (Å²) in [6, 6.07) is 10.8. The van der Waals surface area contributed by atoms with Crippen LogP contribution in [-0.2, 0) is 6.42 Å². The molecule has 2 aromatic carbocycles. The average molecular weight is 282 g/mol. The molecule has 0 unspecified atom stereocenters. The summed E-state index contributed by atoms with van der Waals surface area (Å²) in [7, 11) is 1.69. The van der Waals surface area contributed by atoms with Crippen LogP contribution in [0.15, 0.2) is 35.8 Å². The van der Waals surface area contributed by atoms with Crippen LogP contribution in [0.5, 0.6) is 5.75 Å². The lowest BCUT2D eigenvalue weighted by molar-refractivity contribution is 0.419. The Labute approximate surface area is 121 Å². The average Bonchev–Trinajstić information content (AvgIpc) is 3.14.